The summed E-state index contributed by atoms with van der Waals surface area (Å²) in [5.74, 6) is -0.646. The number of imidazole rings is 1. The van der Waals surface area contributed by atoms with E-state index in [2.05, 4.69) is 46.4 Å². The van der Waals surface area contributed by atoms with Crippen LogP contribution in [0.5, 0.6) is 0 Å². The number of fused-ring (bicyclic) bond motifs is 1. The Morgan fingerprint density at radius 3 is 1.86 bits per heavy atom. The van der Waals surface area contributed by atoms with Crippen LogP contribution in [0.25, 0.3) is 16.9 Å². The van der Waals surface area contributed by atoms with Crippen LogP contribution in [0.3, 0.4) is 0 Å². The van der Waals surface area contributed by atoms with Crippen LogP contribution in [0.1, 0.15) is 27.2 Å². The van der Waals surface area contributed by atoms with Crippen molar-refractivity contribution in [2.75, 3.05) is 0 Å². The third-order valence-corrected chi connectivity index (χ3v) is 6.79. The van der Waals surface area contributed by atoms with E-state index in [0.717, 1.165) is 16.7 Å². The molecule has 0 spiro atoms. The number of carbonyl (C=O) groups excluding carboxylic acids is 1. The minimum absolute atomic E-state index is 0.127. The molecule has 0 unspecified atom stereocenters. The van der Waals surface area contributed by atoms with Crippen molar-refractivity contribution < 1.29 is 4.79 Å². The molecule has 180 valence electrons. The van der Waals surface area contributed by atoms with Gasteiger partial charge in [-0.3, -0.25) is 13.9 Å². The van der Waals surface area contributed by atoms with Crippen molar-refractivity contribution in [3.8, 4) is 11.3 Å². The van der Waals surface area contributed by atoms with Gasteiger partial charge in [0.1, 0.15) is 5.54 Å². The number of amides is 1. The molecule has 0 saturated carbocycles. The number of primary amides is 1. The standard InChI is InChI=1S/C29H21ClN6O/c30-26-28-33-18-24(35(28)17-16-32-26)23-19-36(34-25(23)27(31)37)29(20-10-4-1-5-11-20,21-12-6-2-7-13-21)22-14-8-3-9-15-22/h1-19H,(H2,31,37). The molecule has 6 rings (SSSR count). The van der Waals surface area contributed by atoms with Crippen molar-refractivity contribution in [2.24, 2.45) is 5.73 Å². The average molecular weight is 505 g/mol. The fourth-order valence-electron chi connectivity index (χ4n) is 4.94. The zero-order chi connectivity index (χ0) is 25.4. The lowest BCUT2D eigenvalue weighted by atomic mass is 9.77. The first-order valence-corrected chi connectivity index (χ1v) is 12.0. The molecule has 3 aromatic heterocycles. The Bertz CT molecular complexity index is 1610. The smallest absolute Gasteiger partial charge is 0.269 e. The molecule has 8 heteroatoms. The fraction of sp³-hybridized carbons (Fsp3) is 0.0345. The monoisotopic (exact) mass is 504 g/mol. The maximum atomic E-state index is 12.7. The third-order valence-electron chi connectivity index (χ3n) is 6.53. The van der Waals surface area contributed by atoms with Gasteiger partial charge in [0.15, 0.2) is 16.5 Å². The molecular weight excluding hydrogens is 484 g/mol. The van der Waals surface area contributed by atoms with Gasteiger partial charge in [-0.15, -0.1) is 0 Å². The highest BCUT2D eigenvalue weighted by Crippen LogP contribution is 2.41. The average Bonchev–Trinajstić information content (AvgIpc) is 3.57. The second kappa shape index (κ2) is 9.04. The van der Waals surface area contributed by atoms with Crippen molar-refractivity contribution >= 4 is 23.2 Å². The van der Waals surface area contributed by atoms with E-state index in [1.807, 2.05) is 65.5 Å². The molecular formula is C29H21ClN6O. The number of nitrogens with two attached hydrogens (primary N) is 1. The predicted molar refractivity (Wildman–Crippen MR) is 142 cm³/mol. The van der Waals surface area contributed by atoms with Gasteiger partial charge in [-0.25, -0.2) is 9.97 Å². The maximum Gasteiger partial charge on any atom is 0.269 e. The Hall–Kier alpha value is -4.75. The normalized spacial score (nSPS) is 11.6. The molecule has 0 aliphatic rings. The number of benzene rings is 3. The molecule has 6 aromatic rings. The van der Waals surface area contributed by atoms with E-state index in [1.165, 1.54) is 0 Å². The largest absolute Gasteiger partial charge is 0.364 e. The van der Waals surface area contributed by atoms with Crippen LogP contribution < -0.4 is 5.73 Å². The number of carbonyl (C=O) groups is 1. The molecule has 0 aliphatic heterocycles. The van der Waals surface area contributed by atoms with Crippen LogP contribution >= 0.6 is 11.6 Å². The highest BCUT2D eigenvalue weighted by molar-refractivity contribution is 6.32. The third kappa shape index (κ3) is 3.59. The van der Waals surface area contributed by atoms with Crippen molar-refractivity contribution in [2.45, 2.75) is 5.54 Å². The van der Waals surface area contributed by atoms with Gasteiger partial charge in [-0.05, 0) is 16.7 Å². The van der Waals surface area contributed by atoms with Crippen LogP contribution in [0.4, 0.5) is 0 Å². The van der Waals surface area contributed by atoms with Gasteiger partial charge in [-0.1, -0.05) is 103 Å². The Morgan fingerprint density at radius 1 is 0.811 bits per heavy atom. The van der Waals surface area contributed by atoms with E-state index >= 15 is 0 Å². The summed E-state index contributed by atoms with van der Waals surface area (Å²) in [4.78, 5) is 21.3. The molecule has 3 heterocycles. The van der Waals surface area contributed by atoms with E-state index in [9.17, 15) is 4.79 Å². The first-order chi connectivity index (χ1) is 18.1. The van der Waals surface area contributed by atoms with Gasteiger partial charge in [-0.2, -0.15) is 5.10 Å². The summed E-state index contributed by atoms with van der Waals surface area (Å²) in [5, 5.41) is 5.11. The topological polar surface area (TPSA) is 91.1 Å². The summed E-state index contributed by atoms with van der Waals surface area (Å²) >= 11 is 6.27. The molecule has 0 atom stereocenters. The summed E-state index contributed by atoms with van der Waals surface area (Å²) in [6.07, 6.45) is 6.82. The minimum Gasteiger partial charge on any atom is -0.364 e. The van der Waals surface area contributed by atoms with Gasteiger partial charge in [0.25, 0.3) is 5.91 Å². The maximum absolute atomic E-state index is 12.7. The quantitative estimate of drug-likeness (QED) is 0.316. The van der Waals surface area contributed by atoms with Crippen LogP contribution in [-0.2, 0) is 5.54 Å². The van der Waals surface area contributed by atoms with Crippen molar-refractivity contribution in [1.82, 2.24) is 24.1 Å². The minimum atomic E-state index is -0.897. The zero-order valence-corrected chi connectivity index (χ0v) is 20.3. The van der Waals surface area contributed by atoms with Gasteiger partial charge >= 0.3 is 0 Å². The molecule has 1 amide bonds. The fourth-order valence-corrected chi connectivity index (χ4v) is 5.13. The van der Waals surface area contributed by atoms with Gasteiger partial charge < -0.3 is 5.73 Å². The highest BCUT2D eigenvalue weighted by Gasteiger charge is 2.40. The van der Waals surface area contributed by atoms with E-state index < -0.39 is 11.4 Å². The molecule has 0 radical (unpaired) electrons. The van der Waals surface area contributed by atoms with Crippen molar-refractivity contribution in [1.29, 1.82) is 0 Å². The number of nitrogens with zero attached hydrogens (tertiary/aromatic N) is 5. The molecule has 0 fully saturated rings. The molecule has 2 N–H and O–H groups in total. The van der Waals surface area contributed by atoms with Gasteiger partial charge in [0.2, 0.25) is 0 Å². The summed E-state index contributed by atoms with van der Waals surface area (Å²) in [7, 11) is 0. The number of halogens is 1. The second-order valence-electron chi connectivity index (χ2n) is 8.56. The van der Waals surface area contributed by atoms with Crippen LogP contribution in [0, 0.1) is 0 Å². The van der Waals surface area contributed by atoms with Crippen LogP contribution in [0.15, 0.2) is 116 Å². The predicted octanol–water partition coefficient (Wildman–Crippen LogP) is 5.19. The number of hydrogen-bond donors (Lipinski definition) is 1. The number of hydrogen-bond acceptors (Lipinski definition) is 4. The Morgan fingerprint density at radius 2 is 1.35 bits per heavy atom. The van der Waals surface area contributed by atoms with Gasteiger partial charge in [0.05, 0.1) is 17.5 Å². The second-order valence-corrected chi connectivity index (χ2v) is 8.92. The zero-order valence-electron chi connectivity index (χ0n) is 19.6. The van der Waals surface area contributed by atoms with Crippen molar-refractivity contribution in [3.05, 3.63) is 143 Å². The summed E-state index contributed by atoms with van der Waals surface area (Å²) < 4.78 is 3.60. The first-order valence-electron chi connectivity index (χ1n) is 11.6. The number of rotatable bonds is 6. The summed E-state index contributed by atoms with van der Waals surface area (Å²) in [5.41, 5.74) is 9.68. The van der Waals surface area contributed by atoms with E-state index in [0.29, 0.717) is 16.9 Å². The Labute approximate surface area is 217 Å². The SMILES string of the molecule is NC(=O)c1nn(C(c2ccccc2)(c2ccccc2)c2ccccc2)cc1-c1cnc2c(Cl)nccn12. The molecule has 0 aliphatic carbocycles. The Kier molecular flexibility index (Phi) is 5.54. The van der Waals surface area contributed by atoms with Crippen molar-refractivity contribution in [3.63, 3.8) is 0 Å². The van der Waals surface area contributed by atoms with E-state index in [-0.39, 0.29) is 10.8 Å². The number of aromatic nitrogens is 5. The Balaban J connectivity index is 1.72. The molecule has 0 saturated heterocycles. The highest BCUT2D eigenvalue weighted by atomic mass is 35.5. The van der Waals surface area contributed by atoms with Crippen LogP contribution in [-0.4, -0.2) is 30.1 Å². The molecule has 37 heavy (non-hydrogen) atoms. The summed E-state index contributed by atoms with van der Waals surface area (Å²) in [6, 6.07) is 30.3. The summed E-state index contributed by atoms with van der Waals surface area (Å²) in [6.45, 7) is 0. The molecule has 7 nitrogen and oxygen atoms in total. The van der Waals surface area contributed by atoms with Crippen LogP contribution in [0.2, 0.25) is 5.15 Å². The van der Waals surface area contributed by atoms with E-state index in [4.69, 9.17) is 22.4 Å². The lowest BCUT2D eigenvalue weighted by Gasteiger charge is -2.36. The first kappa shape index (κ1) is 22.7. The molecule has 3 aromatic carbocycles. The lowest BCUT2D eigenvalue weighted by molar-refractivity contribution is 0.0995. The van der Waals surface area contributed by atoms with Gasteiger partial charge in [0, 0.05) is 18.6 Å². The van der Waals surface area contributed by atoms with E-state index in [1.54, 1.807) is 23.0 Å². The molecule has 0 bridgehead atoms. The lowest BCUT2D eigenvalue weighted by Crippen LogP contribution is -2.38.